The van der Waals surface area contributed by atoms with Crippen LogP contribution in [-0.4, -0.2) is 26.8 Å². The lowest BCUT2D eigenvalue weighted by Gasteiger charge is -2.26. The van der Waals surface area contributed by atoms with E-state index in [4.69, 9.17) is 4.98 Å². The maximum absolute atomic E-state index is 13.4. The fourth-order valence-corrected chi connectivity index (χ4v) is 5.04. The van der Waals surface area contributed by atoms with E-state index in [1.807, 2.05) is 54.3 Å². The highest BCUT2D eigenvalue weighted by atomic mass is 32.2. The van der Waals surface area contributed by atoms with E-state index < -0.39 is 0 Å². The van der Waals surface area contributed by atoms with Crippen molar-refractivity contribution in [2.45, 2.75) is 57.1 Å². The van der Waals surface area contributed by atoms with Crippen molar-refractivity contribution in [3.8, 4) is 0 Å². The predicted octanol–water partition coefficient (Wildman–Crippen LogP) is 4.51. The van der Waals surface area contributed by atoms with E-state index >= 15 is 0 Å². The van der Waals surface area contributed by atoms with Gasteiger partial charge in [-0.05, 0) is 49.9 Å². The summed E-state index contributed by atoms with van der Waals surface area (Å²) in [6.45, 7) is 8.71. The van der Waals surface area contributed by atoms with Crippen LogP contribution < -0.4 is 10.5 Å². The number of amides is 1. The summed E-state index contributed by atoms with van der Waals surface area (Å²) in [6, 6.07) is 15.6. The number of anilines is 1. The summed E-state index contributed by atoms with van der Waals surface area (Å²) in [4.78, 5) is 33.2. The van der Waals surface area contributed by atoms with E-state index in [0.29, 0.717) is 28.5 Å². The monoisotopic (exact) mass is 421 g/mol. The van der Waals surface area contributed by atoms with Gasteiger partial charge in [-0.2, -0.15) is 0 Å². The number of fused-ring (bicyclic) bond motifs is 2. The van der Waals surface area contributed by atoms with Crippen LogP contribution in [0.5, 0.6) is 0 Å². The Bertz CT molecular complexity index is 1150. The fraction of sp³-hybridized carbons (Fsp3) is 0.375. The predicted molar refractivity (Wildman–Crippen MR) is 123 cm³/mol. The minimum absolute atomic E-state index is 0.0451. The average Bonchev–Trinajstić information content (AvgIpc) is 3.05. The van der Waals surface area contributed by atoms with E-state index in [0.717, 1.165) is 12.1 Å². The second-order valence-electron chi connectivity index (χ2n) is 8.37. The molecule has 156 valence electrons. The number of aromatic nitrogens is 2. The maximum atomic E-state index is 13.4. The first-order valence-electron chi connectivity index (χ1n) is 10.4. The first-order valence-corrected chi connectivity index (χ1v) is 11.3. The van der Waals surface area contributed by atoms with Gasteiger partial charge < -0.3 is 4.90 Å². The summed E-state index contributed by atoms with van der Waals surface area (Å²) in [5.74, 6) is 0.345. The fourth-order valence-electron chi connectivity index (χ4n) is 4.07. The highest BCUT2D eigenvalue weighted by molar-refractivity contribution is 8.00. The van der Waals surface area contributed by atoms with Gasteiger partial charge in [0.25, 0.3) is 5.56 Å². The molecular formula is C24H27N3O2S. The van der Waals surface area contributed by atoms with Gasteiger partial charge in [-0.25, -0.2) is 4.98 Å². The quantitative estimate of drug-likeness (QED) is 0.449. The lowest BCUT2D eigenvalue weighted by molar-refractivity contribution is -0.118. The average molecular weight is 422 g/mol. The van der Waals surface area contributed by atoms with E-state index in [1.165, 1.54) is 17.3 Å². The van der Waals surface area contributed by atoms with Crippen LogP contribution >= 0.6 is 11.8 Å². The van der Waals surface area contributed by atoms with Gasteiger partial charge in [0.2, 0.25) is 5.91 Å². The normalized spacial score (nSPS) is 16.8. The van der Waals surface area contributed by atoms with Crippen molar-refractivity contribution < 1.29 is 4.79 Å². The number of carbonyl (C=O) groups is 1. The van der Waals surface area contributed by atoms with Crippen LogP contribution in [-0.2, 0) is 17.8 Å². The SMILES string of the molecule is CC(C)Cn1c(S[C@@H](C)C(=O)N2c3ccccc3C[C@H]2C)nc2ccccc2c1=O. The smallest absolute Gasteiger partial charge is 0.262 e. The first-order chi connectivity index (χ1) is 14.4. The van der Waals surface area contributed by atoms with Crippen LogP contribution in [0.4, 0.5) is 5.69 Å². The van der Waals surface area contributed by atoms with Crippen LogP contribution in [0.25, 0.3) is 10.9 Å². The third kappa shape index (κ3) is 3.76. The number of hydrogen-bond donors (Lipinski definition) is 0. The molecule has 0 bridgehead atoms. The topological polar surface area (TPSA) is 55.2 Å². The second kappa shape index (κ2) is 8.26. The number of rotatable bonds is 5. The van der Waals surface area contributed by atoms with Crippen molar-refractivity contribution >= 4 is 34.3 Å². The molecule has 0 aliphatic carbocycles. The highest BCUT2D eigenvalue weighted by Crippen LogP contribution is 2.34. The number of hydrogen-bond acceptors (Lipinski definition) is 4. The lowest BCUT2D eigenvalue weighted by Crippen LogP contribution is -2.40. The van der Waals surface area contributed by atoms with Crippen LogP contribution in [0.2, 0.25) is 0 Å². The largest absolute Gasteiger partial charge is 0.308 e. The molecule has 1 aliphatic heterocycles. The summed E-state index contributed by atoms with van der Waals surface area (Å²) < 4.78 is 1.73. The van der Waals surface area contributed by atoms with Crippen molar-refractivity contribution in [3.63, 3.8) is 0 Å². The molecule has 1 aromatic heterocycles. The van der Waals surface area contributed by atoms with Crippen molar-refractivity contribution in [3.05, 3.63) is 64.4 Å². The number of benzene rings is 2. The Morgan fingerprint density at radius 2 is 1.83 bits per heavy atom. The van der Waals surface area contributed by atoms with Crippen LogP contribution in [0.1, 0.15) is 33.3 Å². The third-order valence-corrected chi connectivity index (χ3v) is 6.53. The summed E-state index contributed by atoms with van der Waals surface area (Å²) in [5.41, 5.74) is 2.82. The molecule has 0 fully saturated rings. The molecule has 0 spiro atoms. The Balaban J connectivity index is 1.68. The molecule has 0 saturated carbocycles. The Morgan fingerprint density at radius 3 is 2.60 bits per heavy atom. The Labute approximate surface area is 181 Å². The Kier molecular flexibility index (Phi) is 5.69. The van der Waals surface area contributed by atoms with Gasteiger partial charge in [0.05, 0.1) is 16.2 Å². The van der Waals surface area contributed by atoms with Crippen molar-refractivity contribution in [1.29, 1.82) is 0 Å². The molecule has 0 N–H and O–H groups in total. The summed E-state index contributed by atoms with van der Waals surface area (Å²) in [7, 11) is 0. The molecular weight excluding hydrogens is 394 g/mol. The molecule has 2 aromatic carbocycles. The van der Waals surface area contributed by atoms with Crippen molar-refractivity contribution in [2.75, 3.05) is 4.90 Å². The zero-order valence-corrected chi connectivity index (χ0v) is 18.6. The van der Waals surface area contributed by atoms with Crippen LogP contribution in [0.3, 0.4) is 0 Å². The zero-order valence-electron chi connectivity index (χ0n) is 17.8. The van der Waals surface area contributed by atoms with E-state index in [2.05, 4.69) is 26.8 Å². The van der Waals surface area contributed by atoms with Gasteiger partial charge in [0.15, 0.2) is 5.16 Å². The van der Waals surface area contributed by atoms with Crippen LogP contribution in [0.15, 0.2) is 58.5 Å². The number of carbonyl (C=O) groups excluding carboxylic acids is 1. The molecule has 1 amide bonds. The molecule has 1 aliphatic rings. The number of thioether (sulfide) groups is 1. The summed E-state index contributed by atoms with van der Waals surface area (Å²) in [5, 5.41) is 0.863. The Hall–Kier alpha value is -2.60. The number of nitrogens with zero attached hydrogens (tertiary/aromatic N) is 3. The standard InChI is InChI=1S/C24H27N3O2S/c1-15(2)14-26-23(29)19-10-6-7-11-20(19)25-24(26)30-17(4)22(28)27-16(3)13-18-9-5-8-12-21(18)27/h5-12,15-17H,13-14H2,1-4H3/t16-,17+/m1/s1. The van der Waals surface area contributed by atoms with Gasteiger partial charge >= 0.3 is 0 Å². The van der Waals surface area contributed by atoms with Gasteiger partial charge in [0, 0.05) is 18.3 Å². The minimum atomic E-state index is -0.356. The molecule has 2 heterocycles. The van der Waals surface area contributed by atoms with Crippen molar-refractivity contribution in [1.82, 2.24) is 9.55 Å². The first kappa shape index (κ1) is 20.7. The third-order valence-electron chi connectivity index (χ3n) is 5.45. The van der Waals surface area contributed by atoms with Gasteiger partial charge in [0.1, 0.15) is 0 Å². The van der Waals surface area contributed by atoms with Crippen molar-refractivity contribution in [2.24, 2.45) is 5.92 Å². The molecule has 0 unspecified atom stereocenters. The molecule has 2 atom stereocenters. The molecule has 3 aromatic rings. The minimum Gasteiger partial charge on any atom is -0.308 e. The summed E-state index contributed by atoms with van der Waals surface area (Å²) in [6.07, 6.45) is 0.867. The molecule has 0 saturated heterocycles. The summed E-state index contributed by atoms with van der Waals surface area (Å²) >= 11 is 1.37. The molecule has 6 heteroatoms. The number of para-hydroxylation sites is 2. The lowest BCUT2D eigenvalue weighted by atomic mass is 10.1. The maximum Gasteiger partial charge on any atom is 0.262 e. The van der Waals surface area contributed by atoms with Gasteiger partial charge in [-0.1, -0.05) is 55.9 Å². The van der Waals surface area contributed by atoms with Gasteiger partial charge in [-0.3, -0.25) is 14.2 Å². The van der Waals surface area contributed by atoms with E-state index in [1.54, 1.807) is 4.57 Å². The van der Waals surface area contributed by atoms with E-state index in [9.17, 15) is 9.59 Å². The zero-order chi connectivity index (χ0) is 21.4. The molecule has 4 rings (SSSR count). The Morgan fingerprint density at radius 1 is 1.13 bits per heavy atom. The second-order valence-corrected chi connectivity index (χ2v) is 9.68. The molecule has 0 radical (unpaired) electrons. The van der Waals surface area contributed by atoms with Crippen LogP contribution in [0, 0.1) is 5.92 Å². The molecule has 30 heavy (non-hydrogen) atoms. The molecule has 5 nitrogen and oxygen atoms in total. The van der Waals surface area contributed by atoms with Gasteiger partial charge in [-0.15, -0.1) is 0 Å². The van der Waals surface area contributed by atoms with E-state index in [-0.39, 0.29) is 22.8 Å². The highest BCUT2D eigenvalue weighted by Gasteiger charge is 2.34.